The summed E-state index contributed by atoms with van der Waals surface area (Å²) in [5, 5.41) is 12.2. The second-order valence-electron chi connectivity index (χ2n) is 7.75. The lowest BCUT2D eigenvalue weighted by Gasteiger charge is -2.14. The van der Waals surface area contributed by atoms with Crippen molar-refractivity contribution in [1.82, 2.24) is 20.1 Å². The van der Waals surface area contributed by atoms with Gasteiger partial charge in [0.1, 0.15) is 17.6 Å². The van der Waals surface area contributed by atoms with Crippen molar-refractivity contribution < 1.29 is 9.53 Å². The van der Waals surface area contributed by atoms with Gasteiger partial charge in [-0.1, -0.05) is 23.7 Å². The maximum absolute atomic E-state index is 12.6. The second kappa shape index (κ2) is 8.51. The average Bonchev–Trinajstić information content (AvgIpc) is 3.05. The molecule has 8 heteroatoms. The third kappa shape index (κ3) is 4.18. The molecule has 0 spiro atoms. The third-order valence-electron chi connectivity index (χ3n) is 5.08. The van der Waals surface area contributed by atoms with Gasteiger partial charge in [0.2, 0.25) is 5.91 Å². The Balaban J connectivity index is 1.93. The molecule has 0 radical (unpaired) electrons. The van der Waals surface area contributed by atoms with Gasteiger partial charge in [0.25, 0.3) is 0 Å². The number of hydrogen-bond acceptors (Lipinski definition) is 5. The molecule has 2 aromatic carbocycles. The fourth-order valence-electron chi connectivity index (χ4n) is 3.73. The lowest BCUT2D eigenvalue weighted by Crippen LogP contribution is -2.31. The molecule has 1 aliphatic rings. The number of aliphatic imine (C=N–C) groups is 1. The van der Waals surface area contributed by atoms with Gasteiger partial charge >= 0.3 is 0 Å². The molecule has 0 unspecified atom stereocenters. The lowest BCUT2D eigenvalue weighted by molar-refractivity contribution is -0.121. The Labute approximate surface area is 186 Å². The molecule has 1 aromatic heterocycles. The highest BCUT2D eigenvalue weighted by atomic mass is 35.5. The predicted molar refractivity (Wildman–Crippen MR) is 120 cm³/mol. The second-order valence-corrected chi connectivity index (χ2v) is 8.19. The zero-order valence-electron chi connectivity index (χ0n) is 17.9. The molecule has 3 aromatic rings. The summed E-state index contributed by atoms with van der Waals surface area (Å²) in [6.07, 6.45) is 0.165. The van der Waals surface area contributed by atoms with Crippen LogP contribution in [0, 0.1) is 6.92 Å². The van der Waals surface area contributed by atoms with E-state index in [1.165, 1.54) is 0 Å². The highest BCUT2D eigenvalue weighted by molar-refractivity contribution is 6.30. The van der Waals surface area contributed by atoms with Gasteiger partial charge in [-0.25, -0.2) is 0 Å². The van der Waals surface area contributed by atoms with Crippen LogP contribution in [0.25, 0.3) is 5.69 Å². The first kappa shape index (κ1) is 21.1. The summed E-state index contributed by atoms with van der Waals surface area (Å²) in [5.74, 6) is 1.98. The number of rotatable bonds is 5. The van der Waals surface area contributed by atoms with Gasteiger partial charge in [0, 0.05) is 22.2 Å². The van der Waals surface area contributed by atoms with Crippen molar-refractivity contribution in [3.63, 3.8) is 0 Å². The molecule has 0 saturated heterocycles. The van der Waals surface area contributed by atoms with Gasteiger partial charge in [-0.3, -0.25) is 14.4 Å². The highest BCUT2D eigenvalue weighted by Gasteiger charge is 2.30. The number of ether oxygens (including phenoxy) is 1. The molecule has 0 aliphatic carbocycles. The van der Waals surface area contributed by atoms with Crippen molar-refractivity contribution >= 4 is 23.2 Å². The Hall–Kier alpha value is -3.19. The van der Waals surface area contributed by atoms with Crippen LogP contribution < -0.4 is 10.1 Å². The molecule has 2 heterocycles. The van der Waals surface area contributed by atoms with E-state index in [1.54, 1.807) is 7.11 Å². The van der Waals surface area contributed by atoms with Gasteiger partial charge in [-0.2, -0.15) is 0 Å². The zero-order valence-corrected chi connectivity index (χ0v) is 18.6. The minimum absolute atomic E-state index is 0.0408. The van der Waals surface area contributed by atoms with Crippen molar-refractivity contribution in [2.45, 2.75) is 39.3 Å². The Morgan fingerprint density at radius 2 is 1.94 bits per heavy atom. The maximum atomic E-state index is 12.6. The van der Waals surface area contributed by atoms with Crippen LogP contribution in [0.4, 0.5) is 0 Å². The van der Waals surface area contributed by atoms with Crippen LogP contribution >= 0.6 is 11.6 Å². The number of aryl methyl sites for hydroxylation is 1. The topological polar surface area (TPSA) is 81.4 Å². The average molecular weight is 438 g/mol. The minimum atomic E-state index is -0.496. The first-order valence-corrected chi connectivity index (χ1v) is 10.5. The van der Waals surface area contributed by atoms with Crippen LogP contribution in [-0.2, 0) is 4.79 Å². The number of nitrogens with zero attached hydrogens (tertiary/aromatic N) is 4. The molecule has 1 N–H and O–H groups in total. The molecule has 4 rings (SSSR count). The summed E-state index contributed by atoms with van der Waals surface area (Å²) in [7, 11) is 1.63. The maximum Gasteiger partial charge on any atom is 0.222 e. The molecule has 0 fully saturated rings. The van der Waals surface area contributed by atoms with Crippen molar-refractivity contribution in [1.29, 1.82) is 0 Å². The fraction of sp³-hybridized carbons (Fsp3) is 0.304. The number of carbonyl (C=O) groups excluding carboxylic acids is 1. The number of carbonyl (C=O) groups is 1. The van der Waals surface area contributed by atoms with Crippen LogP contribution in [0.5, 0.6) is 5.75 Å². The summed E-state index contributed by atoms with van der Waals surface area (Å²) in [5.41, 5.74) is 3.40. The van der Waals surface area contributed by atoms with E-state index < -0.39 is 6.04 Å². The smallest absolute Gasteiger partial charge is 0.222 e. The van der Waals surface area contributed by atoms with E-state index in [0.717, 1.165) is 28.4 Å². The number of aromatic nitrogens is 3. The Bertz CT molecular complexity index is 1150. The quantitative estimate of drug-likeness (QED) is 0.653. The van der Waals surface area contributed by atoms with Crippen molar-refractivity contribution in [2.75, 3.05) is 7.11 Å². The van der Waals surface area contributed by atoms with E-state index in [0.29, 0.717) is 16.6 Å². The molecular weight excluding hydrogens is 414 g/mol. The van der Waals surface area contributed by atoms with Crippen LogP contribution in [0.3, 0.4) is 0 Å². The van der Waals surface area contributed by atoms with Crippen LogP contribution in [0.1, 0.15) is 49.1 Å². The van der Waals surface area contributed by atoms with Crippen LogP contribution in [0.2, 0.25) is 5.02 Å². The molecule has 31 heavy (non-hydrogen) atoms. The highest BCUT2D eigenvalue weighted by Crippen LogP contribution is 2.34. The predicted octanol–water partition coefficient (Wildman–Crippen LogP) is 4.04. The number of methoxy groups -OCH3 is 1. The van der Waals surface area contributed by atoms with Gasteiger partial charge in [-0.15, -0.1) is 10.2 Å². The number of hydrogen-bond donors (Lipinski definition) is 1. The molecule has 0 bridgehead atoms. The number of nitrogens with one attached hydrogen (secondary N) is 1. The van der Waals surface area contributed by atoms with E-state index in [9.17, 15) is 4.79 Å². The van der Waals surface area contributed by atoms with Gasteiger partial charge in [0.15, 0.2) is 5.82 Å². The van der Waals surface area contributed by atoms with Gasteiger partial charge in [-0.05, 0) is 51.1 Å². The van der Waals surface area contributed by atoms with Crippen molar-refractivity contribution in [2.24, 2.45) is 4.99 Å². The number of amides is 1. The number of halogens is 1. The molecule has 1 aliphatic heterocycles. The van der Waals surface area contributed by atoms with E-state index in [-0.39, 0.29) is 18.4 Å². The minimum Gasteiger partial charge on any atom is -0.497 e. The fourth-order valence-corrected chi connectivity index (χ4v) is 3.86. The summed E-state index contributed by atoms with van der Waals surface area (Å²) in [6, 6.07) is 12.9. The monoisotopic (exact) mass is 437 g/mol. The lowest BCUT2D eigenvalue weighted by atomic mass is 10.00. The zero-order chi connectivity index (χ0) is 22.1. The summed E-state index contributed by atoms with van der Waals surface area (Å²) < 4.78 is 7.45. The molecule has 160 valence electrons. The molecule has 1 amide bonds. The van der Waals surface area contributed by atoms with E-state index >= 15 is 0 Å². The Morgan fingerprint density at radius 1 is 1.19 bits per heavy atom. The SMILES string of the molecule is COc1ccc2c(c1)C(c1ccc(Cl)cc1)=N[C@H](CC(=O)NC(C)C)c1nnc(C)n1-2. The van der Waals surface area contributed by atoms with Crippen LogP contribution in [-0.4, -0.2) is 39.5 Å². The van der Waals surface area contributed by atoms with E-state index in [4.69, 9.17) is 21.3 Å². The van der Waals surface area contributed by atoms with Crippen molar-refractivity contribution in [3.8, 4) is 11.4 Å². The third-order valence-corrected chi connectivity index (χ3v) is 5.33. The summed E-state index contributed by atoms with van der Waals surface area (Å²) in [4.78, 5) is 17.7. The molecule has 0 saturated carbocycles. The first-order valence-electron chi connectivity index (χ1n) is 10.1. The van der Waals surface area contributed by atoms with Crippen molar-refractivity contribution in [3.05, 3.63) is 70.3 Å². The Morgan fingerprint density at radius 3 is 2.61 bits per heavy atom. The molecular formula is C23H24ClN5O2. The van der Waals surface area contributed by atoms with E-state index in [2.05, 4.69) is 15.5 Å². The van der Waals surface area contributed by atoms with Gasteiger partial charge in [0.05, 0.1) is 24.9 Å². The molecule has 1 atom stereocenters. The normalized spacial score (nSPS) is 15.0. The largest absolute Gasteiger partial charge is 0.497 e. The first-order chi connectivity index (χ1) is 14.9. The van der Waals surface area contributed by atoms with Crippen LogP contribution in [0.15, 0.2) is 47.5 Å². The van der Waals surface area contributed by atoms with E-state index in [1.807, 2.05) is 67.8 Å². The number of fused-ring (bicyclic) bond motifs is 3. The standard InChI is InChI=1S/C23H24ClN5O2/c1-13(2)25-21(30)12-19-23-28-27-14(3)29(23)20-10-9-17(31-4)11-18(20)22(26-19)15-5-7-16(24)8-6-15/h5-11,13,19H,12H2,1-4H3,(H,25,30)/t19-/m1/s1. The Kier molecular flexibility index (Phi) is 5.78. The number of benzene rings is 2. The molecule has 7 nitrogen and oxygen atoms in total. The van der Waals surface area contributed by atoms with Gasteiger partial charge < -0.3 is 10.1 Å². The summed E-state index contributed by atoms with van der Waals surface area (Å²) >= 11 is 6.12. The summed E-state index contributed by atoms with van der Waals surface area (Å²) in [6.45, 7) is 5.76.